The van der Waals surface area contributed by atoms with Gasteiger partial charge in [-0.3, -0.25) is 9.48 Å². The van der Waals surface area contributed by atoms with Gasteiger partial charge in [0.15, 0.2) is 0 Å². The molecule has 104 valence electrons. The highest BCUT2D eigenvalue weighted by atomic mass is 16.1. The molecule has 0 radical (unpaired) electrons. The summed E-state index contributed by atoms with van der Waals surface area (Å²) in [6, 6.07) is 7.99. The van der Waals surface area contributed by atoms with Crippen molar-refractivity contribution in [3.63, 3.8) is 0 Å². The maximum absolute atomic E-state index is 11.9. The molecule has 4 heteroatoms. The Labute approximate surface area is 119 Å². The summed E-state index contributed by atoms with van der Waals surface area (Å²) in [5.74, 6) is 0.533. The molecule has 2 rings (SSSR count). The molecule has 0 aliphatic carbocycles. The van der Waals surface area contributed by atoms with Gasteiger partial charge in [0.2, 0.25) is 5.91 Å². The SMILES string of the molecule is Cc1ccc(/C=C/C(=O)Nc2cc(C)nn2C)c(C)c1. The second-order valence-corrected chi connectivity index (χ2v) is 4.98. The van der Waals surface area contributed by atoms with Crippen LogP contribution in [0, 0.1) is 20.8 Å². The third-order valence-electron chi connectivity index (χ3n) is 3.09. The Hall–Kier alpha value is -2.36. The number of rotatable bonds is 3. The molecular formula is C16H19N3O. The summed E-state index contributed by atoms with van der Waals surface area (Å²) >= 11 is 0. The molecule has 1 heterocycles. The van der Waals surface area contributed by atoms with Crippen LogP contribution < -0.4 is 5.32 Å². The summed E-state index contributed by atoms with van der Waals surface area (Å²) in [5.41, 5.74) is 4.30. The Morgan fingerprint density at radius 1 is 1.25 bits per heavy atom. The van der Waals surface area contributed by atoms with Gasteiger partial charge in [-0.25, -0.2) is 0 Å². The second-order valence-electron chi connectivity index (χ2n) is 4.98. The Balaban J connectivity index is 2.07. The van der Waals surface area contributed by atoms with E-state index < -0.39 is 0 Å². The largest absolute Gasteiger partial charge is 0.307 e. The molecule has 1 aromatic heterocycles. The van der Waals surface area contributed by atoms with Crippen LogP contribution in [0.4, 0.5) is 5.82 Å². The van der Waals surface area contributed by atoms with E-state index in [1.807, 2.05) is 38.1 Å². The Kier molecular flexibility index (Phi) is 4.03. The minimum Gasteiger partial charge on any atom is -0.307 e. The maximum Gasteiger partial charge on any atom is 0.249 e. The number of benzene rings is 1. The lowest BCUT2D eigenvalue weighted by Gasteiger charge is -2.03. The smallest absolute Gasteiger partial charge is 0.249 e. The summed E-state index contributed by atoms with van der Waals surface area (Å²) < 4.78 is 1.65. The van der Waals surface area contributed by atoms with Crippen LogP contribution in [0.15, 0.2) is 30.3 Å². The quantitative estimate of drug-likeness (QED) is 0.871. The molecule has 0 fully saturated rings. The highest BCUT2D eigenvalue weighted by Crippen LogP contribution is 2.13. The number of anilines is 1. The number of carbonyl (C=O) groups excluding carboxylic acids is 1. The van der Waals surface area contributed by atoms with Crippen LogP contribution in [0.25, 0.3) is 6.08 Å². The molecule has 0 saturated heterocycles. The van der Waals surface area contributed by atoms with Gasteiger partial charge in [-0.05, 0) is 38.0 Å². The molecule has 0 unspecified atom stereocenters. The molecule has 1 amide bonds. The zero-order valence-electron chi connectivity index (χ0n) is 12.3. The van der Waals surface area contributed by atoms with Crippen LogP contribution >= 0.6 is 0 Å². The van der Waals surface area contributed by atoms with E-state index in [-0.39, 0.29) is 5.91 Å². The first-order valence-electron chi connectivity index (χ1n) is 6.52. The van der Waals surface area contributed by atoms with E-state index in [4.69, 9.17) is 0 Å². The Bertz CT molecular complexity index is 668. The summed E-state index contributed by atoms with van der Waals surface area (Å²) in [4.78, 5) is 11.9. The molecule has 0 aliphatic heterocycles. The summed E-state index contributed by atoms with van der Waals surface area (Å²) in [6.07, 6.45) is 3.37. The standard InChI is InChI=1S/C16H19N3O/c1-11-5-6-14(12(2)9-11)7-8-16(20)17-15-10-13(3)18-19(15)4/h5-10H,1-4H3,(H,17,20)/b8-7+. The molecule has 0 spiro atoms. The van der Waals surface area contributed by atoms with Crippen molar-refractivity contribution in [2.75, 3.05) is 5.32 Å². The number of aryl methyl sites for hydroxylation is 4. The van der Waals surface area contributed by atoms with Crippen LogP contribution in [-0.2, 0) is 11.8 Å². The minimum atomic E-state index is -0.159. The van der Waals surface area contributed by atoms with Crippen molar-refractivity contribution < 1.29 is 4.79 Å². The van der Waals surface area contributed by atoms with E-state index in [1.165, 1.54) is 5.56 Å². The third kappa shape index (κ3) is 3.35. The van der Waals surface area contributed by atoms with Gasteiger partial charge in [0.25, 0.3) is 0 Å². The molecule has 0 bridgehead atoms. The summed E-state index contributed by atoms with van der Waals surface area (Å²) in [6.45, 7) is 5.98. The zero-order valence-corrected chi connectivity index (χ0v) is 12.3. The lowest BCUT2D eigenvalue weighted by Crippen LogP contribution is -2.11. The van der Waals surface area contributed by atoms with Gasteiger partial charge >= 0.3 is 0 Å². The summed E-state index contributed by atoms with van der Waals surface area (Å²) in [7, 11) is 1.80. The lowest BCUT2D eigenvalue weighted by atomic mass is 10.1. The molecule has 20 heavy (non-hydrogen) atoms. The normalized spacial score (nSPS) is 11.0. The number of hydrogen-bond acceptors (Lipinski definition) is 2. The number of nitrogens with zero attached hydrogens (tertiary/aromatic N) is 2. The van der Waals surface area contributed by atoms with E-state index in [1.54, 1.807) is 17.8 Å². The van der Waals surface area contributed by atoms with Crippen LogP contribution in [0.5, 0.6) is 0 Å². The van der Waals surface area contributed by atoms with E-state index in [2.05, 4.69) is 23.4 Å². The van der Waals surface area contributed by atoms with Gasteiger partial charge in [-0.15, -0.1) is 0 Å². The first-order valence-corrected chi connectivity index (χ1v) is 6.52. The summed E-state index contributed by atoms with van der Waals surface area (Å²) in [5, 5.41) is 6.99. The maximum atomic E-state index is 11.9. The van der Waals surface area contributed by atoms with E-state index in [9.17, 15) is 4.79 Å². The van der Waals surface area contributed by atoms with E-state index in [0.717, 1.165) is 16.8 Å². The van der Waals surface area contributed by atoms with Gasteiger partial charge in [-0.1, -0.05) is 23.8 Å². The molecule has 2 aromatic rings. The fraction of sp³-hybridized carbons (Fsp3) is 0.250. The Morgan fingerprint density at radius 2 is 2.00 bits per heavy atom. The number of nitrogens with one attached hydrogen (secondary N) is 1. The minimum absolute atomic E-state index is 0.159. The topological polar surface area (TPSA) is 46.9 Å². The van der Waals surface area contributed by atoms with Gasteiger partial charge in [0, 0.05) is 19.2 Å². The highest BCUT2D eigenvalue weighted by molar-refractivity contribution is 6.01. The van der Waals surface area contributed by atoms with Crippen molar-refractivity contribution in [2.24, 2.45) is 7.05 Å². The van der Waals surface area contributed by atoms with Gasteiger partial charge in [0.05, 0.1) is 5.69 Å². The Morgan fingerprint density at radius 3 is 2.60 bits per heavy atom. The number of carbonyl (C=O) groups is 1. The highest BCUT2D eigenvalue weighted by Gasteiger charge is 2.04. The van der Waals surface area contributed by atoms with Crippen molar-refractivity contribution in [1.29, 1.82) is 0 Å². The average Bonchev–Trinajstić information content (AvgIpc) is 2.66. The molecule has 0 saturated carbocycles. The van der Waals surface area contributed by atoms with Crippen LogP contribution in [0.1, 0.15) is 22.4 Å². The number of amides is 1. The number of aromatic nitrogens is 2. The van der Waals surface area contributed by atoms with E-state index >= 15 is 0 Å². The molecule has 0 aliphatic rings. The average molecular weight is 269 g/mol. The molecular weight excluding hydrogens is 250 g/mol. The fourth-order valence-corrected chi connectivity index (χ4v) is 2.07. The molecule has 0 atom stereocenters. The second kappa shape index (κ2) is 5.74. The predicted molar refractivity (Wildman–Crippen MR) is 81.5 cm³/mol. The van der Waals surface area contributed by atoms with Crippen LogP contribution in [-0.4, -0.2) is 15.7 Å². The van der Waals surface area contributed by atoms with Gasteiger partial charge in [0.1, 0.15) is 5.82 Å². The molecule has 1 aromatic carbocycles. The van der Waals surface area contributed by atoms with Gasteiger partial charge in [-0.2, -0.15) is 5.10 Å². The van der Waals surface area contributed by atoms with Crippen molar-refractivity contribution in [3.8, 4) is 0 Å². The molecule has 1 N–H and O–H groups in total. The van der Waals surface area contributed by atoms with Gasteiger partial charge < -0.3 is 5.32 Å². The fourth-order valence-electron chi connectivity index (χ4n) is 2.07. The van der Waals surface area contributed by atoms with Crippen molar-refractivity contribution in [1.82, 2.24) is 9.78 Å². The first-order chi connectivity index (χ1) is 9.45. The predicted octanol–water partition coefficient (Wildman–Crippen LogP) is 3.00. The van der Waals surface area contributed by atoms with Crippen LogP contribution in [0.3, 0.4) is 0 Å². The first kappa shape index (κ1) is 14.1. The molecule has 4 nitrogen and oxygen atoms in total. The lowest BCUT2D eigenvalue weighted by molar-refractivity contribution is -0.111. The monoisotopic (exact) mass is 269 g/mol. The zero-order chi connectivity index (χ0) is 14.7. The van der Waals surface area contributed by atoms with Crippen LogP contribution in [0.2, 0.25) is 0 Å². The van der Waals surface area contributed by atoms with Crippen molar-refractivity contribution >= 4 is 17.8 Å². The van der Waals surface area contributed by atoms with Crippen molar-refractivity contribution in [2.45, 2.75) is 20.8 Å². The van der Waals surface area contributed by atoms with E-state index in [0.29, 0.717) is 5.82 Å². The van der Waals surface area contributed by atoms with Crippen molar-refractivity contribution in [3.05, 3.63) is 52.7 Å². The number of hydrogen-bond donors (Lipinski definition) is 1. The third-order valence-corrected chi connectivity index (χ3v) is 3.09.